The standard InChI is InChI=1S/C8H14N2OS/c1-5(11-2)8-6-3-4-7(12-6)10(8)9/h6-8H,1,3-4,9H2,2H3. The van der Waals surface area contributed by atoms with Crippen molar-refractivity contribution in [2.75, 3.05) is 7.11 Å². The molecular formula is C8H14N2OS. The van der Waals surface area contributed by atoms with Crippen LogP contribution in [0.3, 0.4) is 0 Å². The fraction of sp³-hybridized carbons (Fsp3) is 0.750. The van der Waals surface area contributed by atoms with E-state index in [-0.39, 0.29) is 6.04 Å². The Morgan fingerprint density at radius 1 is 1.67 bits per heavy atom. The topological polar surface area (TPSA) is 38.5 Å². The Hall–Kier alpha value is -0.190. The fourth-order valence-electron chi connectivity index (χ4n) is 1.96. The van der Waals surface area contributed by atoms with Crippen LogP contribution in [0.5, 0.6) is 0 Å². The number of methoxy groups -OCH3 is 1. The number of hydrazine groups is 1. The third-order valence-corrected chi connectivity index (χ3v) is 4.26. The molecule has 2 rings (SSSR count). The maximum absolute atomic E-state index is 5.91. The molecule has 4 heteroatoms. The van der Waals surface area contributed by atoms with Gasteiger partial charge in [-0.3, -0.25) is 5.84 Å². The van der Waals surface area contributed by atoms with Crippen molar-refractivity contribution in [1.82, 2.24) is 5.01 Å². The van der Waals surface area contributed by atoms with E-state index in [1.807, 2.05) is 16.8 Å². The average Bonchev–Trinajstić information content (AvgIpc) is 2.63. The third-order valence-electron chi connectivity index (χ3n) is 2.63. The molecule has 0 saturated carbocycles. The lowest BCUT2D eigenvalue weighted by molar-refractivity contribution is 0.129. The molecule has 2 fully saturated rings. The van der Waals surface area contributed by atoms with Gasteiger partial charge in [-0.15, -0.1) is 11.8 Å². The van der Waals surface area contributed by atoms with Gasteiger partial charge < -0.3 is 4.74 Å². The van der Waals surface area contributed by atoms with Crippen LogP contribution >= 0.6 is 11.8 Å². The summed E-state index contributed by atoms with van der Waals surface area (Å²) in [6.07, 6.45) is 2.45. The van der Waals surface area contributed by atoms with Crippen molar-refractivity contribution in [3.8, 4) is 0 Å². The average molecular weight is 186 g/mol. The maximum Gasteiger partial charge on any atom is 0.108 e. The zero-order valence-electron chi connectivity index (χ0n) is 7.19. The van der Waals surface area contributed by atoms with Gasteiger partial charge in [-0.25, -0.2) is 5.01 Å². The van der Waals surface area contributed by atoms with Crippen molar-refractivity contribution in [2.24, 2.45) is 5.84 Å². The van der Waals surface area contributed by atoms with E-state index in [1.54, 1.807) is 7.11 Å². The quantitative estimate of drug-likeness (QED) is 0.514. The minimum absolute atomic E-state index is 0.235. The first-order valence-corrected chi connectivity index (χ1v) is 5.09. The largest absolute Gasteiger partial charge is 0.500 e. The number of rotatable bonds is 2. The number of piperidine rings is 1. The molecule has 3 atom stereocenters. The van der Waals surface area contributed by atoms with Gasteiger partial charge in [0.2, 0.25) is 0 Å². The van der Waals surface area contributed by atoms with Gasteiger partial charge in [0, 0.05) is 5.25 Å². The van der Waals surface area contributed by atoms with Gasteiger partial charge >= 0.3 is 0 Å². The van der Waals surface area contributed by atoms with Crippen molar-refractivity contribution in [3.63, 3.8) is 0 Å². The molecule has 3 nitrogen and oxygen atoms in total. The predicted molar refractivity (Wildman–Crippen MR) is 50.4 cm³/mol. The molecule has 12 heavy (non-hydrogen) atoms. The van der Waals surface area contributed by atoms with Gasteiger partial charge in [-0.1, -0.05) is 6.58 Å². The highest BCUT2D eigenvalue weighted by atomic mass is 32.2. The van der Waals surface area contributed by atoms with Crippen LogP contribution in [-0.4, -0.2) is 28.8 Å². The summed E-state index contributed by atoms with van der Waals surface area (Å²) in [5.74, 6) is 6.72. The lowest BCUT2D eigenvalue weighted by atomic mass is 10.0. The van der Waals surface area contributed by atoms with Crippen LogP contribution in [-0.2, 0) is 4.74 Å². The summed E-state index contributed by atoms with van der Waals surface area (Å²) in [5.41, 5.74) is 0. The summed E-state index contributed by atoms with van der Waals surface area (Å²) in [6, 6.07) is 0.235. The molecule has 2 N–H and O–H groups in total. The van der Waals surface area contributed by atoms with Crippen molar-refractivity contribution in [3.05, 3.63) is 12.3 Å². The highest BCUT2D eigenvalue weighted by Gasteiger charge is 2.47. The van der Waals surface area contributed by atoms with Crippen molar-refractivity contribution < 1.29 is 4.74 Å². The van der Waals surface area contributed by atoms with Crippen LogP contribution in [0, 0.1) is 0 Å². The number of nitrogens with two attached hydrogens (primary N) is 1. The predicted octanol–water partition coefficient (Wildman–Crippen LogP) is 0.926. The van der Waals surface area contributed by atoms with Crippen LogP contribution in [0.2, 0.25) is 0 Å². The van der Waals surface area contributed by atoms with Crippen molar-refractivity contribution in [1.29, 1.82) is 0 Å². The summed E-state index contributed by atoms with van der Waals surface area (Å²) < 4.78 is 5.13. The molecule has 2 saturated heterocycles. The molecule has 0 aromatic heterocycles. The Labute approximate surface area is 76.9 Å². The SMILES string of the molecule is C=C(OC)C1C2CCC(S2)N1N. The summed E-state index contributed by atoms with van der Waals surface area (Å²) >= 11 is 1.95. The Kier molecular flexibility index (Phi) is 2.06. The second kappa shape index (κ2) is 2.94. The summed E-state index contributed by atoms with van der Waals surface area (Å²) in [6.45, 7) is 3.87. The highest BCUT2D eigenvalue weighted by molar-refractivity contribution is 8.01. The zero-order valence-corrected chi connectivity index (χ0v) is 8.01. The molecular weight excluding hydrogens is 172 g/mol. The van der Waals surface area contributed by atoms with Gasteiger partial charge in [0.15, 0.2) is 0 Å². The number of hydrogen-bond donors (Lipinski definition) is 1. The lowest BCUT2D eigenvalue weighted by Crippen LogP contribution is -2.48. The van der Waals surface area contributed by atoms with E-state index in [0.29, 0.717) is 10.6 Å². The first kappa shape index (κ1) is 8.41. The molecule has 0 aromatic carbocycles. The van der Waals surface area contributed by atoms with Gasteiger partial charge in [-0.2, -0.15) is 0 Å². The van der Waals surface area contributed by atoms with Crippen LogP contribution in [0.1, 0.15) is 12.8 Å². The number of nitrogens with zero attached hydrogens (tertiary/aromatic N) is 1. The van der Waals surface area contributed by atoms with E-state index in [1.165, 1.54) is 12.8 Å². The second-order valence-corrected chi connectivity index (χ2v) is 4.69. The zero-order chi connectivity index (χ0) is 8.72. The molecule has 0 aromatic rings. The first-order chi connectivity index (χ1) is 5.74. The normalized spacial score (nSPS) is 40.3. The Balaban J connectivity index is 2.12. The molecule has 0 spiro atoms. The summed E-state index contributed by atoms with van der Waals surface area (Å²) in [5, 5.41) is 2.99. The molecule has 2 aliphatic rings. The smallest absolute Gasteiger partial charge is 0.108 e. The van der Waals surface area contributed by atoms with Gasteiger partial charge in [0.1, 0.15) is 5.76 Å². The van der Waals surface area contributed by atoms with Gasteiger partial charge in [-0.05, 0) is 12.8 Å². The lowest BCUT2D eigenvalue weighted by Gasteiger charge is -2.30. The van der Waals surface area contributed by atoms with Crippen molar-refractivity contribution in [2.45, 2.75) is 29.5 Å². The van der Waals surface area contributed by atoms with Gasteiger partial charge in [0.05, 0.1) is 18.5 Å². The van der Waals surface area contributed by atoms with E-state index in [2.05, 4.69) is 6.58 Å². The molecule has 0 amide bonds. The van der Waals surface area contributed by atoms with Crippen LogP contribution in [0.4, 0.5) is 0 Å². The van der Waals surface area contributed by atoms with Crippen molar-refractivity contribution >= 4 is 11.8 Å². The summed E-state index contributed by atoms with van der Waals surface area (Å²) in [7, 11) is 1.66. The summed E-state index contributed by atoms with van der Waals surface area (Å²) in [4.78, 5) is 0. The molecule has 0 radical (unpaired) electrons. The first-order valence-electron chi connectivity index (χ1n) is 4.15. The molecule has 3 unspecified atom stereocenters. The Morgan fingerprint density at radius 3 is 2.92 bits per heavy atom. The molecule has 2 aliphatic heterocycles. The minimum atomic E-state index is 0.235. The van der Waals surface area contributed by atoms with Crippen LogP contribution in [0.15, 0.2) is 12.3 Å². The maximum atomic E-state index is 5.91. The number of fused-ring (bicyclic) bond motifs is 2. The molecule has 2 heterocycles. The molecule has 68 valence electrons. The van der Waals surface area contributed by atoms with E-state index >= 15 is 0 Å². The molecule has 0 aliphatic carbocycles. The van der Waals surface area contributed by atoms with Crippen LogP contribution < -0.4 is 5.84 Å². The van der Waals surface area contributed by atoms with Crippen LogP contribution in [0.25, 0.3) is 0 Å². The van der Waals surface area contributed by atoms with E-state index in [4.69, 9.17) is 10.6 Å². The van der Waals surface area contributed by atoms with Gasteiger partial charge in [0.25, 0.3) is 0 Å². The second-order valence-electron chi connectivity index (χ2n) is 3.27. The fourth-order valence-corrected chi connectivity index (χ4v) is 3.62. The number of ether oxygens (including phenoxy) is 1. The Morgan fingerprint density at radius 2 is 2.42 bits per heavy atom. The van der Waals surface area contributed by atoms with E-state index < -0.39 is 0 Å². The number of hydrogen-bond acceptors (Lipinski definition) is 4. The minimum Gasteiger partial charge on any atom is -0.500 e. The molecule has 2 bridgehead atoms. The third kappa shape index (κ3) is 1.06. The van der Waals surface area contributed by atoms with E-state index in [0.717, 1.165) is 5.76 Å². The highest BCUT2D eigenvalue weighted by Crippen LogP contribution is 2.46. The monoisotopic (exact) mass is 186 g/mol. The number of thioether (sulfide) groups is 1. The Bertz CT molecular complexity index is 207. The van der Waals surface area contributed by atoms with E-state index in [9.17, 15) is 0 Å².